The molecular weight excluding hydrogens is 160 g/mol. The molecule has 0 aliphatic carbocycles. The van der Waals surface area contributed by atoms with Crippen molar-refractivity contribution in [3.8, 4) is 0 Å². The minimum Gasteiger partial charge on any atom is -0.301 e. The quantitative estimate of drug-likeness (QED) is 0.660. The Labute approximate surface area is 82.9 Å². The highest BCUT2D eigenvalue weighted by atomic mass is 15.3. The van der Waals surface area contributed by atoms with Crippen molar-refractivity contribution in [2.24, 2.45) is 0 Å². The van der Waals surface area contributed by atoms with E-state index in [9.17, 15) is 0 Å². The van der Waals surface area contributed by atoms with E-state index in [-0.39, 0.29) is 0 Å². The summed E-state index contributed by atoms with van der Waals surface area (Å²) in [4.78, 5) is 5.10. The predicted octanol–water partition coefficient (Wildman–Crippen LogP) is 1.81. The van der Waals surface area contributed by atoms with Crippen LogP contribution in [0.4, 0.5) is 0 Å². The molecule has 1 aliphatic heterocycles. The molecule has 0 bridgehead atoms. The summed E-state index contributed by atoms with van der Waals surface area (Å²) in [6.45, 7) is 10.7. The van der Waals surface area contributed by atoms with Gasteiger partial charge in [-0.3, -0.25) is 4.90 Å². The van der Waals surface area contributed by atoms with Crippen LogP contribution in [-0.2, 0) is 0 Å². The SMILES string of the molecule is CCCCN1C[C@@H](C)N(C)C[C@@H]1C. The summed E-state index contributed by atoms with van der Waals surface area (Å²) in [5, 5.41) is 0. The van der Waals surface area contributed by atoms with Crippen LogP contribution >= 0.6 is 0 Å². The van der Waals surface area contributed by atoms with Crippen LogP contribution in [0.1, 0.15) is 33.6 Å². The molecule has 1 saturated heterocycles. The van der Waals surface area contributed by atoms with Gasteiger partial charge in [-0.25, -0.2) is 0 Å². The molecule has 2 nitrogen and oxygen atoms in total. The number of piperazine rings is 1. The van der Waals surface area contributed by atoms with E-state index in [0.29, 0.717) is 0 Å². The lowest BCUT2D eigenvalue weighted by Crippen LogP contribution is -2.54. The van der Waals surface area contributed by atoms with Crippen molar-refractivity contribution in [3.63, 3.8) is 0 Å². The van der Waals surface area contributed by atoms with E-state index in [1.807, 2.05) is 0 Å². The van der Waals surface area contributed by atoms with Crippen LogP contribution in [0, 0.1) is 0 Å². The Morgan fingerprint density at radius 1 is 1.15 bits per heavy atom. The number of likely N-dealkylation sites (N-methyl/N-ethyl adjacent to an activating group) is 1. The van der Waals surface area contributed by atoms with Gasteiger partial charge in [0, 0.05) is 25.2 Å². The van der Waals surface area contributed by atoms with Gasteiger partial charge in [0.05, 0.1) is 0 Å². The van der Waals surface area contributed by atoms with Crippen molar-refractivity contribution in [1.82, 2.24) is 9.80 Å². The standard InChI is InChI=1S/C11H24N2/c1-5-6-7-13-9-10(2)12(4)8-11(13)3/h10-11H,5-9H2,1-4H3/t10-,11+/m1/s1. The first kappa shape index (κ1) is 11.0. The van der Waals surface area contributed by atoms with Gasteiger partial charge in [0.1, 0.15) is 0 Å². The third kappa shape index (κ3) is 2.96. The second-order valence-electron chi connectivity index (χ2n) is 4.49. The summed E-state index contributed by atoms with van der Waals surface area (Å²) in [5.41, 5.74) is 0. The Bertz CT molecular complexity index is 147. The predicted molar refractivity (Wildman–Crippen MR) is 58.0 cm³/mol. The minimum absolute atomic E-state index is 0.730. The Balaban J connectivity index is 2.37. The van der Waals surface area contributed by atoms with E-state index in [4.69, 9.17) is 0 Å². The number of nitrogens with zero attached hydrogens (tertiary/aromatic N) is 2. The number of hydrogen-bond donors (Lipinski definition) is 0. The fourth-order valence-corrected chi connectivity index (χ4v) is 2.04. The van der Waals surface area contributed by atoms with Crippen LogP contribution in [0.5, 0.6) is 0 Å². The lowest BCUT2D eigenvalue weighted by molar-refractivity contribution is 0.0592. The van der Waals surface area contributed by atoms with Gasteiger partial charge < -0.3 is 4.90 Å². The fraction of sp³-hybridized carbons (Fsp3) is 1.00. The van der Waals surface area contributed by atoms with Crippen molar-refractivity contribution in [3.05, 3.63) is 0 Å². The smallest absolute Gasteiger partial charge is 0.0195 e. The van der Waals surface area contributed by atoms with Crippen LogP contribution in [0.2, 0.25) is 0 Å². The maximum absolute atomic E-state index is 2.63. The summed E-state index contributed by atoms with van der Waals surface area (Å²) in [7, 11) is 2.23. The summed E-state index contributed by atoms with van der Waals surface area (Å²) in [5.74, 6) is 0. The molecule has 0 N–H and O–H groups in total. The Hall–Kier alpha value is -0.0800. The fourth-order valence-electron chi connectivity index (χ4n) is 2.04. The maximum atomic E-state index is 2.63. The molecule has 0 unspecified atom stereocenters. The van der Waals surface area contributed by atoms with Crippen LogP contribution in [0.15, 0.2) is 0 Å². The molecule has 78 valence electrons. The van der Waals surface area contributed by atoms with Gasteiger partial charge in [-0.1, -0.05) is 13.3 Å². The van der Waals surface area contributed by atoms with E-state index < -0.39 is 0 Å². The topological polar surface area (TPSA) is 6.48 Å². The zero-order valence-electron chi connectivity index (χ0n) is 9.58. The van der Waals surface area contributed by atoms with E-state index in [0.717, 1.165) is 12.1 Å². The monoisotopic (exact) mass is 184 g/mol. The molecule has 0 spiro atoms. The molecule has 1 rings (SSSR count). The van der Waals surface area contributed by atoms with Gasteiger partial charge in [0.25, 0.3) is 0 Å². The number of hydrogen-bond acceptors (Lipinski definition) is 2. The maximum Gasteiger partial charge on any atom is 0.0195 e. The van der Waals surface area contributed by atoms with Crippen molar-refractivity contribution in [1.29, 1.82) is 0 Å². The van der Waals surface area contributed by atoms with E-state index >= 15 is 0 Å². The molecule has 0 radical (unpaired) electrons. The average molecular weight is 184 g/mol. The Morgan fingerprint density at radius 3 is 2.46 bits per heavy atom. The zero-order valence-corrected chi connectivity index (χ0v) is 9.58. The van der Waals surface area contributed by atoms with Gasteiger partial charge in [-0.05, 0) is 33.9 Å². The summed E-state index contributed by atoms with van der Waals surface area (Å²) >= 11 is 0. The lowest BCUT2D eigenvalue weighted by Gasteiger charge is -2.42. The molecule has 0 aromatic carbocycles. The highest BCUT2D eigenvalue weighted by Gasteiger charge is 2.25. The second-order valence-corrected chi connectivity index (χ2v) is 4.49. The van der Waals surface area contributed by atoms with Crippen LogP contribution in [-0.4, -0.2) is 48.6 Å². The first-order valence-corrected chi connectivity index (χ1v) is 5.59. The van der Waals surface area contributed by atoms with Gasteiger partial charge in [0.2, 0.25) is 0 Å². The molecule has 2 atom stereocenters. The molecule has 2 heteroatoms. The minimum atomic E-state index is 0.730. The van der Waals surface area contributed by atoms with Crippen molar-refractivity contribution < 1.29 is 0 Å². The summed E-state index contributed by atoms with van der Waals surface area (Å²) in [6.07, 6.45) is 2.66. The average Bonchev–Trinajstić information content (AvgIpc) is 2.09. The Morgan fingerprint density at radius 2 is 1.85 bits per heavy atom. The first-order chi connectivity index (χ1) is 6.15. The highest BCUT2D eigenvalue weighted by molar-refractivity contribution is 4.82. The lowest BCUT2D eigenvalue weighted by atomic mass is 10.1. The summed E-state index contributed by atoms with van der Waals surface area (Å²) < 4.78 is 0. The van der Waals surface area contributed by atoms with Crippen LogP contribution in [0.25, 0.3) is 0 Å². The molecule has 0 aromatic rings. The molecule has 1 fully saturated rings. The normalized spacial score (nSPS) is 32.3. The van der Waals surface area contributed by atoms with Crippen molar-refractivity contribution >= 4 is 0 Å². The molecule has 1 aliphatic rings. The molecule has 13 heavy (non-hydrogen) atoms. The molecule has 1 heterocycles. The van der Waals surface area contributed by atoms with Gasteiger partial charge in [-0.15, -0.1) is 0 Å². The number of rotatable bonds is 3. The highest BCUT2D eigenvalue weighted by Crippen LogP contribution is 2.13. The van der Waals surface area contributed by atoms with Crippen molar-refractivity contribution in [2.45, 2.75) is 45.7 Å². The van der Waals surface area contributed by atoms with Gasteiger partial charge in [-0.2, -0.15) is 0 Å². The van der Waals surface area contributed by atoms with E-state index in [1.165, 1.54) is 32.5 Å². The zero-order chi connectivity index (χ0) is 9.84. The largest absolute Gasteiger partial charge is 0.301 e. The molecule has 0 amide bonds. The molecule has 0 saturated carbocycles. The third-order valence-electron chi connectivity index (χ3n) is 3.23. The first-order valence-electron chi connectivity index (χ1n) is 5.59. The van der Waals surface area contributed by atoms with Gasteiger partial charge >= 0.3 is 0 Å². The number of unbranched alkanes of at least 4 members (excludes halogenated alkanes) is 1. The Kier molecular flexibility index (Phi) is 4.20. The second kappa shape index (κ2) is 4.97. The van der Waals surface area contributed by atoms with Crippen LogP contribution < -0.4 is 0 Å². The molecular formula is C11H24N2. The van der Waals surface area contributed by atoms with E-state index in [1.54, 1.807) is 0 Å². The molecule has 0 aromatic heterocycles. The van der Waals surface area contributed by atoms with Crippen LogP contribution in [0.3, 0.4) is 0 Å². The van der Waals surface area contributed by atoms with E-state index in [2.05, 4.69) is 37.6 Å². The van der Waals surface area contributed by atoms with Gasteiger partial charge in [0.15, 0.2) is 0 Å². The van der Waals surface area contributed by atoms with Crippen molar-refractivity contribution in [2.75, 3.05) is 26.7 Å². The third-order valence-corrected chi connectivity index (χ3v) is 3.23. The summed E-state index contributed by atoms with van der Waals surface area (Å²) in [6, 6.07) is 1.47.